The molecule has 2 N–H and O–H groups in total. The number of nitrogens with zero attached hydrogens (tertiary/aromatic N) is 1. The van der Waals surface area contributed by atoms with E-state index in [1.807, 2.05) is 12.2 Å². The number of anilines is 2. The summed E-state index contributed by atoms with van der Waals surface area (Å²) in [6.07, 6.45) is 1.37. The van der Waals surface area contributed by atoms with Gasteiger partial charge in [0.1, 0.15) is 0 Å². The van der Waals surface area contributed by atoms with E-state index in [1.165, 1.54) is 6.92 Å². The number of hydrogen-bond acceptors (Lipinski definition) is 4. The van der Waals surface area contributed by atoms with E-state index in [2.05, 4.69) is 15.0 Å². The zero-order valence-electron chi connectivity index (χ0n) is 13.4. The van der Waals surface area contributed by atoms with Gasteiger partial charge in [-0.05, 0) is 32.3 Å². The van der Waals surface area contributed by atoms with E-state index in [0.717, 1.165) is 0 Å². The van der Waals surface area contributed by atoms with Crippen LogP contribution >= 0.6 is 0 Å². The summed E-state index contributed by atoms with van der Waals surface area (Å²) in [6.45, 7) is 1.37. The maximum atomic E-state index is 12.9. The second-order valence-electron chi connectivity index (χ2n) is 5.59. The van der Waals surface area contributed by atoms with Crippen molar-refractivity contribution in [2.75, 3.05) is 15.8 Å². The molecule has 1 aromatic heterocycles. The lowest BCUT2D eigenvalue weighted by Crippen LogP contribution is -2.25. The lowest BCUT2D eigenvalue weighted by Gasteiger charge is -2.19. The van der Waals surface area contributed by atoms with Crippen molar-refractivity contribution < 1.29 is 26.4 Å². The molecule has 10 heteroatoms. The van der Waals surface area contributed by atoms with Crippen molar-refractivity contribution >= 4 is 27.4 Å². The number of halogens is 3. The number of allylic oxidation sites excluding steroid dienone is 2. The predicted octanol–water partition coefficient (Wildman–Crippen LogP) is 3.16. The third-order valence-electron chi connectivity index (χ3n) is 3.74. The zero-order valence-corrected chi connectivity index (χ0v) is 14.2. The maximum absolute atomic E-state index is 12.9. The SMILES string of the molecule is CCS(=O)(=O)Nc1ncc(C(F)(F)F)cc1NC(=O)C1CC=CCC1. The summed E-state index contributed by atoms with van der Waals surface area (Å²) in [4.78, 5) is 15.8. The van der Waals surface area contributed by atoms with E-state index in [-0.39, 0.29) is 23.2 Å². The fourth-order valence-electron chi connectivity index (χ4n) is 2.28. The molecule has 1 aliphatic rings. The van der Waals surface area contributed by atoms with Gasteiger partial charge < -0.3 is 5.32 Å². The smallest absolute Gasteiger partial charge is 0.323 e. The Morgan fingerprint density at radius 2 is 2.08 bits per heavy atom. The highest BCUT2D eigenvalue weighted by atomic mass is 32.2. The lowest BCUT2D eigenvalue weighted by atomic mass is 9.93. The summed E-state index contributed by atoms with van der Waals surface area (Å²) in [7, 11) is -3.76. The second-order valence-corrected chi connectivity index (χ2v) is 7.61. The molecule has 25 heavy (non-hydrogen) atoms. The Morgan fingerprint density at radius 1 is 1.36 bits per heavy atom. The molecule has 138 valence electrons. The van der Waals surface area contributed by atoms with Gasteiger partial charge in [0.25, 0.3) is 0 Å². The number of sulfonamides is 1. The first-order chi connectivity index (χ1) is 11.6. The monoisotopic (exact) mass is 377 g/mol. The Morgan fingerprint density at radius 3 is 2.64 bits per heavy atom. The van der Waals surface area contributed by atoms with Gasteiger partial charge in [0, 0.05) is 12.1 Å². The van der Waals surface area contributed by atoms with Crippen molar-refractivity contribution in [1.29, 1.82) is 0 Å². The van der Waals surface area contributed by atoms with Crippen molar-refractivity contribution in [1.82, 2.24) is 4.98 Å². The third kappa shape index (κ3) is 5.18. The molecule has 0 saturated heterocycles. The molecule has 0 saturated carbocycles. The van der Waals surface area contributed by atoms with Crippen LogP contribution in [0.1, 0.15) is 31.7 Å². The van der Waals surface area contributed by atoms with Gasteiger partial charge in [-0.2, -0.15) is 13.2 Å². The van der Waals surface area contributed by atoms with Gasteiger partial charge in [0.05, 0.1) is 17.0 Å². The fourth-order valence-corrected chi connectivity index (χ4v) is 2.88. The molecule has 1 unspecified atom stereocenters. The van der Waals surface area contributed by atoms with Gasteiger partial charge in [0.2, 0.25) is 15.9 Å². The number of rotatable bonds is 5. The van der Waals surface area contributed by atoms with E-state index < -0.39 is 27.7 Å². The van der Waals surface area contributed by atoms with Gasteiger partial charge in [-0.3, -0.25) is 9.52 Å². The minimum absolute atomic E-state index is 0.281. The minimum atomic E-state index is -4.66. The summed E-state index contributed by atoms with van der Waals surface area (Å²) in [6, 6.07) is 0.678. The topological polar surface area (TPSA) is 88.2 Å². The summed E-state index contributed by atoms with van der Waals surface area (Å²) >= 11 is 0. The third-order valence-corrected chi connectivity index (χ3v) is 5.01. The number of amides is 1. The average molecular weight is 377 g/mol. The van der Waals surface area contributed by atoms with Crippen LogP contribution in [0.4, 0.5) is 24.7 Å². The molecule has 6 nitrogen and oxygen atoms in total. The molecule has 0 fully saturated rings. The fraction of sp³-hybridized carbons (Fsp3) is 0.467. The number of aromatic nitrogens is 1. The first kappa shape index (κ1) is 19.2. The molecule has 2 rings (SSSR count). The van der Waals surface area contributed by atoms with Crippen molar-refractivity contribution in [3.63, 3.8) is 0 Å². The Kier molecular flexibility index (Phi) is 5.71. The minimum Gasteiger partial charge on any atom is -0.323 e. The molecule has 0 radical (unpaired) electrons. The largest absolute Gasteiger partial charge is 0.417 e. The highest BCUT2D eigenvalue weighted by Crippen LogP contribution is 2.33. The summed E-state index contributed by atoms with van der Waals surface area (Å²) in [5, 5.41) is 2.38. The molecule has 0 aromatic carbocycles. The van der Waals surface area contributed by atoms with E-state index in [1.54, 1.807) is 0 Å². The van der Waals surface area contributed by atoms with Crippen LogP contribution in [0.3, 0.4) is 0 Å². The number of carbonyl (C=O) groups is 1. The van der Waals surface area contributed by atoms with Crippen LogP contribution in [-0.4, -0.2) is 25.1 Å². The van der Waals surface area contributed by atoms with Crippen LogP contribution in [0, 0.1) is 5.92 Å². The van der Waals surface area contributed by atoms with E-state index in [9.17, 15) is 26.4 Å². The average Bonchev–Trinajstić information content (AvgIpc) is 2.56. The molecule has 1 heterocycles. The molecule has 0 spiro atoms. The van der Waals surface area contributed by atoms with Crippen LogP contribution in [0.25, 0.3) is 0 Å². The molecular formula is C15H18F3N3O3S. The van der Waals surface area contributed by atoms with Crippen molar-refractivity contribution in [3.05, 3.63) is 30.0 Å². The molecule has 1 atom stereocenters. The van der Waals surface area contributed by atoms with Crippen LogP contribution in [0.15, 0.2) is 24.4 Å². The van der Waals surface area contributed by atoms with Crippen LogP contribution in [0.5, 0.6) is 0 Å². The highest BCUT2D eigenvalue weighted by Gasteiger charge is 2.32. The predicted molar refractivity (Wildman–Crippen MR) is 87.4 cm³/mol. The quantitative estimate of drug-likeness (QED) is 0.772. The van der Waals surface area contributed by atoms with Gasteiger partial charge >= 0.3 is 6.18 Å². The van der Waals surface area contributed by atoms with Gasteiger partial charge in [-0.15, -0.1) is 0 Å². The Labute approximate surface area is 143 Å². The Bertz CT molecular complexity index is 776. The Hall–Kier alpha value is -2.10. The number of carbonyl (C=O) groups excluding carboxylic acids is 1. The molecule has 0 bridgehead atoms. The lowest BCUT2D eigenvalue weighted by molar-refractivity contribution is -0.137. The standard InChI is InChI=1S/C15H18F3N3O3S/c1-2-25(23,24)21-13-12(8-11(9-19-13)15(16,17)18)20-14(22)10-6-4-3-5-7-10/h3-4,8-10H,2,5-7H2,1H3,(H,19,21)(H,20,22). The normalized spacial score (nSPS) is 18.0. The molecule has 1 amide bonds. The number of pyridine rings is 1. The van der Waals surface area contributed by atoms with E-state index in [0.29, 0.717) is 31.5 Å². The van der Waals surface area contributed by atoms with Crippen molar-refractivity contribution in [3.8, 4) is 0 Å². The summed E-state index contributed by atoms with van der Waals surface area (Å²) in [5.41, 5.74) is -1.39. The van der Waals surface area contributed by atoms with Gasteiger partial charge in [-0.25, -0.2) is 13.4 Å². The Balaban J connectivity index is 2.33. The van der Waals surface area contributed by atoms with E-state index >= 15 is 0 Å². The maximum Gasteiger partial charge on any atom is 0.417 e. The number of alkyl halides is 3. The molecule has 1 aliphatic carbocycles. The number of nitrogens with one attached hydrogen (secondary N) is 2. The molecule has 1 aromatic rings. The van der Waals surface area contributed by atoms with Crippen LogP contribution < -0.4 is 10.0 Å². The first-order valence-corrected chi connectivity index (χ1v) is 9.31. The summed E-state index contributed by atoms with van der Waals surface area (Å²) in [5.74, 6) is -1.47. The second kappa shape index (κ2) is 7.42. The van der Waals surface area contributed by atoms with Crippen LogP contribution in [0.2, 0.25) is 0 Å². The number of hydrogen-bond donors (Lipinski definition) is 2. The van der Waals surface area contributed by atoms with Crippen molar-refractivity contribution in [2.45, 2.75) is 32.4 Å². The van der Waals surface area contributed by atoms with Gasteiger partial charge in [-0.1, -0.05) is 12.2 Å². The van der Waals surface area contributed by atoms with E-state index in [4.69, 9.17) is 0 Å². The first-order valence-electron chi connectivity index (χ1n) is 7.66. The molecular weight excluding hydrogens is 359 g/mol. The highest BCUT2D eigenvalue weighted by molar-refractivity contribution is 7.92. The zero-order chi connectivity index (χ0) is 18.7. The van der Waals surface area contributed by atoms with Crippen molar-refractivity contribution in [2.24, 2.45) is 5.92 Å². The summed E-state index contributed by atoms with van der Waals surface area (Å²) < 4.78 is 64.2. The van der Waals surface area contributed by atoms with Gasteiger partial charge in [0.15, 0.2) is 5.82 Å². The molecule has 0 aliphatic heterocycles. The van der Waals surface area contributed by atoms with Crippen LogP contribution in [-0.2, 0) is 21.0 Å².